The van der Waals surface area contributed by atoms with Gasteiger partial charge in [-0.3, -0.25) is 19.8 Å². The molecule has 1 aromatic heterocycles. The molecule has 4 rings (SSSR count). The number of amides is 1. The number of thioether (sulfide) groups is 1. The number of furan rings is 1. The number of aliphatic imine (C=N–C) groups is 1. The van der Waals surface area contributed by atoms with Crippen molar-refractivity contribution >= 4 is 46.3 Å². The maximum atomic E-state index is 12.7. The van der Waals surface area contributed by atoms with E-state index in [1.165, 1.54) is 42.4 Å². The Morgan fingerprint density at radius 1 is 1.24 bits per heavy atom. The van der Waals surface area contributed by atoms with Gasteiger partial charge < -0.3 is 14.3 Å². The summed E-state index contributed by atoms with van der Waals surface area (Å²) in [5.74, 6) is -0.438. The van der Waals surface area contributed by atoms with Crippen LogP contribution in [0, 0.1) is 10.1 Å². The SMILES string of the molecule is COc1ccc(-c2ccc(/C=C3/SC(=Nc4cccc(C(=O)O)c4)N(C)C3=O)o2)c([N+](=O)[O-])c1. The number of carbonyl (C=O) groups is 2. The molecule has 3 aromatic rings. The van der Waals surface area contributed by atoms with Gasteiger partial charge in [-0.2, -0.15) is 0 Å². The molecule has 0 unspecified atom stereocenters. The molecule has 0 atom stereocenters. The third kappa shape index (κ3) is 4.55. The van der Waals surface area contributed by atoms with Crippen LogP contribution in [0.15, 0.2) is 68.9 Å². The van der Waals surface area contributed by atoms with Gasteiger partial charge in [-0.05, 0) is 54.2 Å². The number of hydrogen-bond acceptors (Lipinski definition) is 8. The third-order valence-corrected chi connectivity index (χ3v) is 5.95. The van der Waals surface area contributed by atoms with Gasteiger partial charge in [0.05, 0.1) is 39.8 Å². The van der Waals surface area contributed by atoms with Crippen LogP contribution in [0.25, 0.3) is 17.4 Å². The minimum Gasteiger partial charge on any atom is -0.497 e. The van der Waals surface area contributed by atoms with E-state index in [0.29, 0.717) is 27.3 Å². The van der Waals surface area contributed by atoms with Crippen molar-refractivity contribution in [1.82, 2.24) is 4.90 Å². The molecule has 11 heteroatoms. The summed E-state index contributed by atoms with van der Waals surface area (Å²) in [5, 5.41) is 21.0. The quantitative estimate of drug-likeness (QED) is 0.303. The lowest BCUT2D eigenvalue weighted by molar-refractivity contribution is -0.384. The molecular formula is C23H17N3O7S. The van der Waals surface area contributed by atoms with Crippen molar-refractivity contribution in [2.75, 3.05) is 14.2 Å². The molecule has 0 spiro atoms. The molecule has 1 aliphatic rings. The van der Waals surface area contributed by atoms with Gasteiger partial charge in [-0.1, -0.05) is 6.07 Å². The molecule has 2 aromatic carbocycles. The highest BCUT2D eigenvalue weighted by Gasteiger charge is 2.31. The fourth-order valence-corrected chi connectivity index (χ4v) is 4.14. The van der Waals surface area contributed by atoms with Gasteiger partial charge in [0, 0.05) is 13.1 Å². The van der Waals surface area contributed by atoms with E-state index >= 15 is 0 Å². The maximum absolute atomic E-state index is 12.7. The highest BCUT2D eigenvalue weighted by atomic mass is 32.2. The number of methoxy groups -OCH3 is 1. The number of ether oxygens (including phenoxy) is 1. The number of nitrogens with zero attached hydrogens (tertiary/aromatic N) is 3. The second-order valence-electron chi connectivity index (χ2n) is 7.07. The lowest BCUT2D eigenvalue weighted by Crippen LogP contribution is -2.23. The number of carboxylic acids is 1. The number of nitro groups is 1. The Balaban J connectivity index is 1.62. The van der Waals surface area contributed by atoms with Crippen LogP contribution in [-0.2, 0) is 4.79 Å². The number of amidine groups is 1. The summed E-state index contributed by atoms with van der Waals surface area (Å²) in [6.45, 7) is 0. The molecule has 1 saturated heterocycles. The molecule has 1 fully saturated rings. The molecule has 1 amide bonds. The van der Waals surface area contributed by atoms with E-state index in [0.717, 1.165) is 11.8 Å². The standard InChI is InChI=1S/C23H17N3O7S/c1-25-21(27)20(34-23(25)24-14-5-3-4-13(10-14)22(28)29)12-16-7-9-19(33-16)17-8-6-15(32-2)11-18(17)26(30)31/h3-12H,1-2H3,(H,28,29)/b20-12+,24-23?. The van der Waals surface area contributed by atoms with Crippen molar-refractivity contribution < 1.29 is 28.8 Å². The number of rotatable bonds is 6. The summed E-state index contributed by atoms with van der Waals surface area (Å²) in [4.78, 5) is 40.9. The predicted octanol–water partition coefficient (Wildman–Crippen LogP) is 4.80. The van der Waals surface area contributed by atoms with Crippen LogP contribution in [0.2, 0.25) is 0 Å². The Morgan fingerprint density at radius 3 is 2.74 bits per heavy atom. The Morgan fingerprint density at radius 2 is 2.03 bits per heavy atom. The molecule has 172 valence electrons. The topological polar surface area (TPSA) is 135 Å². The molecule has 1 aliphatic heterocycles. The molecule has 0 bridgehead atoms. The van der Waals surface area contributed by atoms with Crippen LogP contribution >= 0.6 is 11.8 Å². The number of benzene rings is 2. The van der Waals surface area contributed by atoms with E-state index in [4.69, 9.17) is 14.3 Å². The Bertz CT molecular complexity index is 1380. The lowest BCUT2D eigenvalue weighted by Gasteiger charge is -2.07. The molecule has 0 radical (unpaired) electrons. The molecule has 1 N–H and O–H groups in total. The maximum Gasteiger partial charge on any atom is 0.335 e. The summed E-state index contributed by atoms with van der Waals surface area (Å²) in [7, 11) is 2.98. The zero-order valence-electron chi connectivity index (χ0n) is 17.9. The van der Waals surface area contributed by atoms with Crippen LogP contribution in [0.4, 0.5) is 11.4 Å². The number of aromatic carboxylic acids is 1. The minimum absolute atomic E-state index is 0.0883. The van der Waals surface area contributed by atoms with Crippen LogP contribution in [0.5, 0.6) is 5.75 Å². The Kier molecular flexibility index (Phi) is 6.19. The third-order valence-electron chi connectivity index (χ3n) is 4.89. The highest BCUT2D eigenvalue weighted by molar-refractivity contribution is 8.18. The summed E-state index contributed by atoms with van der Waals surface area (Å²) in [6, 6.07) is 13.7. The van der Waals surface area contributed by atoms with Crippen LogP contribution in [-0.4, -0.2) is 46.1 Å². The number of carboxylic acid groups (broad SMARTS) is 1. The summed E-state index contributed by atoms with van der Waals surface area (Å²) in [5.41, 5.74) is 0.594. The van der Waals surface area contributed by atoms with Gasteiger partial charge in [0.2, 0.25) is 0 Å². The summed E-state index contributed by atoms with van der Waals surface area (Å²) < 4.78 is 10.8. The fraction of sp³-hybridized carbons (Fsp3) is 0.0870. The second-order valence-corrected chi connectivity index (χ2v) is 8.08. The molecule has 0 saturated carbocycles. The van der Waals surface area contributed by atoms with E-state index in [2.05, 4.69) is 4.99 Å². The van der Waals surface area contributed by atoms with E-state index in [9.17, 15) is 19.7 Å². The van der Waals surface area contributed by atoms with Gasteiger partial charge >= 0.3 is 5.97 Å². The zero-order chi connectivity index (χ0) is 24.4. The van der Waals surface area contributed by atoms with Gasteiger partial charge in [0.15, 0.2) is 5.17 Å². The van der Waals surface area contributed by atoms with Crippen molar-refractivity contribution in [1.29, 1.82) is 0 Å². The number of hydrogen-bond donors (Lipinski definition) is 1. The van der Waals surface area contributed by atoms with Crippen molar-refractivity contribution in [3.63, 3.8) is 0 Å². The van der Waals surface area contributed by atoms with E-state index in [1.807, 2.05) is 0 Å². The number of likely N-dealkylation sites (N-methyl/N-ethyl adjacent to an activating group) is 1. The Labute approximate surface area is 197 Å². The average molecular weight is 479 g/mol. The average Bonchev–Trinajstić information content (AvgIpc) is 3.39. The number of nitro benzene ring substituents is 1. The first-order valence-electron chi connectivity index (χ1n) is 9.79. The first-order chi connectivity index (χ1) is 16.3. The second kappa shape index (κ2) is 9.24. The van der Waals surface area contributed by atoms with Crippen molar-refractivity contribution in [3.8, 4) is 17.1 Å². The van der Waals surface area contributed by atoms with Gasteiger partial charge in [-0.25, -0.2) is 9.79 Å². The Hall–Kier alpha value is -4.38. The van der Waals surface area contributed by atoms with E-state index < -0.39 is 10.9 Å². The minimum atomic E-state index is -1.07. The first kappa shape index (κ1) is 22.8. The summed E-state index contributed by atoms with van der Waals surface area (Å²) in [6.07, 6.45) is 1.53. The fourth-order valence-electron chi connectivity index (χ4n) is 3.17. The first-order valence-corrected chi connectivity index (χ1v) is 10.6. The highest BCUT2D eigenvalue weighted by Crippen LogP contribution is 2.37. The van der Waals surface area contributed by atoms with Gasteiger partial charge in [-0.15, -0.1) is 0 Å². The van der Waals surface area contributed by atoms with E-state index in [1.54, 1.807) is 37.4 Å². The normalized spacial score (nSPS) is 15.8. The van der Waals surface area contributed by atoms with E-state index in [-0.39, 0.29) is 28.5 Å². The van der Waals surface area contributed by atoms with Crippen molar-refractivity contribution in [3.05, 3.63) is 80.9 Å². The van der Waals surface area contributed by atoms with Gasteiger partial charge in [0.25, 0.3) is 11.6 Å². The van der Waals surface area contributed by atoms with Crippen LogP contribution < -0.4 is 4.74 Å². The molecule has 2 heterocycles. The van der Waals surface area contributed by atoms with Crippen LogP contribution in [0.1, 0.15) is 16.1 Å². The largest absolute Gasteiger partial charge is 0.497 e. The molecular weight excluding hydrogens is 462 g/mol. The molecule has 34 heavy (non-hydrogen) atoms. The monoisotopic (exact) mass is 479 g/mol. The molecule has 0 aliphatic carbocycles. The van der Waals surface area contributed by atoms with Crippen molar-refractivity contribution in [2.45, 2.75) is 0 Å². The zero-order valence-corrected chi connectivity index (χ0v) is 18.7. The predicted molar refractivity (Wildman–Crippen MR) is 126 cm³/mol. The van der Waals surface area contributed by atoms with Crippen molar-refractivity contribution in [2.24, 2.45) is 4.99 Å². The number of carbonyl (C=O) groups excluding carboxylic acids is 1. The lowest BCUT2D eigenvalue weighted by atomic mass is 10.1. The van der Waals surface area contributed by atoms with Crippen LogP contribution in [0.3, 0.4) is 0 Å². The smallest absolute Gasteiger partial charge is 0.335 e. The molecule has 10 nitrogen and oxygen atoms in total. The van der Waals surface area contributed by atoms with Gasteiger partial charge in [0.1, 0.15) is 17.3 Å². The summed E-state index contributed by atoms with van der Waals surface area (Å²) >= 11 is 1.10.